The monoisotopic (exact) mass is 349 g/mol. The second-order valence-corrected chi connectivity index (χ2v) is 8.20. The number of aliphatic hydroxyl groups is 2. The van der Waals surface area contributed by atoms with Crippen LogP contribution in [0.4, 0.5) is 0 Å². The van der Waals surface area contributed by atoms with Crippen molar-refractivity contribution in [3.63, 3.8) is 0 Å². The van der Waals surface area contributed by atoms with Gasteiger partial charge in [0.15, 0.2) is 0 Å². The third-order valence-corrected chi connectivity index (χ3v) is 5.17. The van der Waals surface area contributed by atoms with Gasteiger partial charge in [0.25, 0.3) is 5.91 Å². The van der Waals surface area contributed by atoms with E-state index in [1.807, 2.05) is 51.1 Å². The number of carbonyl (C=O) groups is 1. The molecule has 1 aromatic carbocycles. The van der Waals surface area contributed by atoms with Gasteiger partial charge in [0, 0.05) is 12.1 Å². The van der Waals surface area contributed by atoms with E-state index in [2.05, 4.69) is 13.8 Å². The quantitative estimate of drug-likeness (QED) is 0.714. The van der Waals surface area contributed by atoms with E-state index in [0.717, 1.165) is 12.8 Å². The molecule has 0 fully saturated rings. The first-order valence-electron chi connectivity index (χ1n) is 9.27. The van der Waals surface area contributed by atoms with E-state index in [4.69, 9.17) is 0 Å². The van der Waals surface area contributed by atoms with Gasteiger partial charge in [0.1, 0.15) is 0 Å². The van der Waals surface area contributed by atoms with E-state index < -0.39 is 6.10 Å². The minimum Gasteiger partial charge on any atom is -0.393 e. The third-order valence-electron chi connectivity index (χ3n) is 5.17. The molecule has 0 heterocycles. The van der Waals surface area contributed by atoms with Gasteiger partial charge in [-0.3, -0.25) is 4.79 Å². The van der Waals surface area contributed by atoms with Crippen LogP contribution in [0.1, 0.15) is 64.7 Å². The summed E-state index contributed by atoms with van der Waals surface area (Å²) in [6.45, 7) is 12.3. The molecule has 25 heavy (non-hydrogen) atoms. The van der Waals surface area contributed by atoms with Crippen LogP contribution in [-0.2, 0) is 0 Å². The van der Waals surface area contributed by atoms with Gasteiger partial charge in [0.05, 0.1) is 18.2 Å². The first-order chi connectivity index (χ1) is 11.5. The number of hydrogen-bond acceptors (Lipinski definition) is 3. The normalized spacial score (nSPS) is 16.8. The largest absolute Gasteiger partial charge is 0.393 e. The topological polar surface area (TPSA) is 60.8 Å². The molecule has 142 valence electrons. The van der Waals surface area contributed by atoms with Crippen LogP contribution in [0, 0.1) is 11.3 Å². The van der Waals surface area contributed by atoms with Crippen molar-refractivity contribution in [2.75, 3.05) is 6.54 Å². The zero-order valence-corrected chi connectivity index (χ0v) is 16.6. The summed E-state index contributed by atoms with van der Waals surface area (Å²) in [5, 5.41) is 19.7. The zero-order chi connectivity index (χ0) is 19.2. The molecule has 0 spiro atoms. The Morgan fingerprint density at radius 2 is 1.60 bits per heavy atom. The fourth-order valence-corrected chi connectivity index (χ4v) is 2.81. The molecule has 1 rings (SSSR count). The second-order valence-electron chi connectivity index (χ2n) is 8.20. The maximum atomic E-state index is 13.0. The van der Waals surface area contributed by atoms with E-state index in [9.17, 15) is 15.0 Å². The fourth-order valence-electron chi connectivity index (χ4n) is 2.81. The Kier molecular flexibility index (Phi) is 8.10. The molecule has 1 aromatic rings. The van der Waals surface area contributed by atoms with Gasteiger partial charge in [-0.15, -0.1) is 0 Å². The zero-order valence-electron chi connectivity index (χ0n) is 16.6. The molecule has 0 aliphatic heterocycles. The number of aliphatic hydroxyl groups excluding tert-OH is 2. The first kappa shape index (κ1) is 21.7. The molecule has 0 aliphatic carbocycles. The average Bonchev–Trinajstić information content (AvgIpc) is 2.57. The smallest absolute Gasteiger partial charge is 0.254 e. The van der Waals surface area contributed by atoms with Crippen molar-refractivity contribution in [3.05, 3.63) is 35.9 Å². The Bertz CT molecular complexity index is 525. The number of benzene rings is 1. The molecule has 0 saturated heterocycles. The van der Waals surface area contributed by atoms with Gasteiger partial charge >= 0.3 is 0 Å². The number of amides is 1. The SMILES string of the molecule is CC(O)[C@@H](C)N(CC(C)(C)CC[C@H](C)C(C)O)C(=O)c1ccccc1. The maximum absolute atomic E-state index is 13.0. The number of nitrogens with zero attached hydrogens (tertiary/aromatic N) is 1. The van der Waals surface area contributed by atoms with Gasteiger partial charge in [-0.25, -0.2) is 0 Å². The van der Waals surface area contributed by atoms with Crippen molar-refractivity contribution in [2.45, 2.75) is 72.6 Å². The highest BCUT2D eigenvalue weighted by Gasteiger charge is 2.31. The first-order valence-corrected chi connectivity index (χ1v) is 9.27. The predicted molar refractivity (Wildman–Crippen MR) is 102 cm³/mol. The summed E-state index contributed by atoms with van der Waals surface area (Å²) in [6, 6.07) is 8.96. The van der Waals surface area contributed by atoms with Gasteiger partial charge < -0.3 is 15.1 Å². The van der Waals surface area contributed by atoms with Crippen LogP contribution in [0.2, 0.25) is 0 Å². The Hall–Kier alpha value is -1.39. The fraction of sp³-hybridized carbons (Fsp3) is 0.667. The van der Waals surface area contributed by atoms with E-state index >= 15 is 0 Å². The molecule has 0 aromatic heterocycles. The highest BCUT2D eigenvalue weighted by Crippen LogP contribution is 2.29. The van der Waals surface area contributed by atoms with Crippen molar-refractivity contribution in [3.8, 4) is 0 Å². The summed E-state index contributed by atoms with van der Waals surface area (Å²) < 4.78 is 0. The van der Waals surface area contributed by atoms with Crippen LogP contribution >= 0.6 is 0 Å². The third kappa shape index (κ3) is 6.79. The van der Waals surface area contributed by atoms with Crippen molar-refractivity contribution in [2.24, 2.45) is 11.3 Å². The highest BCUT2D eigenvalue weighted by atomic mass is 16.3. The number of carbonyl (C=O) groups excluding carboxylic acids is 1. The lowest BCUT2D eigenvalue weighted by Crippen LogP contribution is -2.48. The molecule has 2 unspecified atom stereocenters. The van der Waals surface area contributed by atoms with Crippen LogP contribution in [0.25, 0.3) is 0 Å². The van der Waals surface area contributed by atoms with Gasteiger partial charge in [0.2, 0.25) is 0 Å². The lowest BCUT2D eigenvalue weighted by molar-refractivity contribution is 0.0305. The minimum absolute atomic E-state index is 0.0503. The van der Waals surface area contributed by atoms with E-state index in [1.54, 1.807) is 11.8 Å². The molecule has 4 nitrogen and oxygen atoms in total. The van der Waals surface area contributed by atoms with E-state index in [0.29, 0.717) is 12.1 Å². The summed E-state index contributed by atoms with van der Waals surface area (Å²) in [5.41, 5.74) is 0.541. The van der Waals surface area contributed by atoms with Crippen molar-refractivity contribution >= 4 is 5.91 Å². The Morgan fingerprint density at radius 1 is 1.04 bits per heavy atom. The predicted octanol–water partition coefficient (Wildman–Crippen LogP) is 3.72. The van der Waals surface area contributed by atoms with Crippen molar-refractivity contribution in [1.29, 1.82) is 0 Å². The summed E-state index contributed by atoms with van der Waals surface area (Å²) >= 11 is 0. The minimum atomic E-state index is -0.597. The second kappa shape index (κ2) is 9.35. The molecular weight excluding hydrogens is 314 g/mol. The molecule has 0 radical (unpaired) electrons. The Morgan fingerprint density at radius 3 is 2.08 bits per heavy atom. The lowest BCUT2D eigenvalue weighted by atomic mass is 9.83. The van der Waals surface area contributed by atoms with Gasteiger partial charge in [-0.1, -0.05) is 39.0 Å². The number of hydrogen-bond donors (Lipinski definition) is 2. The summed E-state index contributed by atoms with van der Waals surface area (Å²) in [7, 11) is 0. The molecular formula is C21H35NO3. The maximum Gasteiger partial charge on any atom is 0.254 e. The Balaban J connectivity index is 2.91. The van der Waals surface area contributed by atoms with Gasteiger partial charge in [-0.05, 0) is 57.1 Å². The molecule has 0 saturated carbocycles. The number of rotatable bonds is 9. The van der Waals surface area contributed by atoms with Crippen LogP contribution in [0.5, 0.6) is 0 Å². The van der Waals surface area contributed by atoms with Crippen LogP contribution in [0.3, 0.4) is 0 Å². The van der Waals surface area contributed by atoms with Crippen LogP contribution in [-0.4, -0.2) is 45.8 Å². The summed E-state index contributed by atoms with van der Waals surface area (Å²) in [6.07, 6.45) is 0.889. The molecule has 1 amide bonds. The average molecular weight is 350 g/mol. The Labute approximate surface area is 152 Å². The molecule has 2 N–H and O–H groups in total. The molecule has 0 bridgehead atoms. The molecule has 4 atom stereocenters. The van der Waals surface area contributed by atoms with Crippen molar-refractivity contribution < 1.29 is 15.0 Å². The van der Waals surface area contributed by atoms with E-state index in [1.165, 1.54) is 0 Å². The van der Waals surface area contributed by atoms with Crippen LogP contribution < -0.4 is 0 Å². The molecule has 0 aliphatic rings. The molecule has 4 heteroatoms. The van der Waals surface area contributed by atoms with E-state index in [-0.39, 0.29) is 29.4 Å². The lowest BCUT2D eigenvalue weighted by Gasteiger charge is -2.38. The summed E-state index contributed by atoms with van der Waals surface area (Å²) in [5.74, 6) is 0.178. The van der Waals surface area contributed by atoms with Gasteiger partial charge in [-0.2, -0.15) is 0 Å². The van der Waals surface area contributed by atoms with Crippen molar-refractivity contribution in [1.82, 2.24) is 4.90 Å². The van der Waals surface area contributed by atoms with Crippen LogP contribution in [0.15, 0.2) is 30.3 Å². The highest BCUT2D eigenvalue weighted by molar-refractivity contribution is 5.94. The summed E-state index contributed by atoms with van der Waals surface area (Å²) in [4.78, 5) is 14.8. The standard InChI is InChI=1S/C21H35NO3/c1-15(17(3)23)12-13-21(5,6)14-22(16(2)18(4)24)20(25)19-10-8-7-9-11-19/h7-11,15-18,23-24H,12-14H2,1-6H3/t15-,16+,17?,18?/m0/s1.